The van der Waals surface area contributed by atoms with Crippen LogP contribution in [-0.2, 0) is 0 Å². The largest absolute Gasteiger partial charge is 0.444 e. The van der Waals surface area contributed by atoms with Crippen molar-refractivity contribution in [1.82, 2.24) is 10.2 Å². The van der Waals surface area contributed by atoms with E-state index in [0.29, 0.717) is 15.7 Å². The Morgan fingerprint density at radius 2 is 2.29 bits per heavy atom. The van der Waals surface area contributed by atoms with Crippen molar-refractivity contribution in [3.63, 3.8) is 0 Å². The van der Waals surface area contributed by atoms with Gasteiger partial charge in [-0.1, -0.05) is 11.3 Å². The number of furan rings is 1. The van der Waals surface area contributed by atoms with Crippen LogP contribution in [0.5, 0.6) is 0 Å². The fourth-order valence-corrected chi connectivity index (χ4v) is 2.59. The lowest BCUT2D eigenvalue weighted by atomic mass is 10.4. The van der Waals surface area contributed by atoms with Gasteiger partial charge in [0.15, 0.2) is 10.4 Å². The fraction of sp³-hybridized carbons (Fsp3) is 0.300. The number of halogens is 1. The molecule has 0 radical (unpaired) electrons. The average Bonchev–Trinajstić information content (AvgIpc) is 2.90. The molecule has 1 aliphatic rings. The van der Waals surface area contributed by atoms with E-state index in [9.17, 15) is 4.79 Å². The van der Waals surface area contributed by atoms with Gasteiger partial charge in [0, 0.05) is 5.92 Å². The number of carbonyl (C=O) groups excluding carboxylic acids is 1. The average molecular weight is 314 g/mol. The molecule has 3 rings (SSSR count). The summed E-state index contributed by atoms with van der Waals surface area (Å²) in [5.74, 6) is 0.491. The van der Waals surface area contributed by atoms with Gasteiger partial charge in [0.1, 0.15) is 5.01 Å². The summed E-state index contributed by atoms with van der Waals surface area (Å²) in [6.07, 6.45) is 2.35. The summed E-state index contributed by atoms with van der Waals surface area (Å²) in [6, 6.07) is 3.27. The first-order valence-electron chi connectivity index (χ1n) is 5.12. The van der Waals surface area contributed by atoms with Gasteiger partial charge in [-0.05, 0) is 40.9 Å². The van der Waals surface area contributed by atoms with Crippen LogP contribution in [-0.4, -0.2) is 16.1 Å². The standard InChI is InChI=1S/C10H8BrN3O2S/c11-7-4-3-6(16-7)8(15)12-10-14-13-9(17-10)5-1-2-5/h3-5H,1-2H2,(H,12,14,15). The van der Waals surface area contributed by atoms with Gasteiger partial charge in [-0.2, -0.15) is 0 Å². The number of rotatable bonds is 3. The molecule has 2 aromatic rings. The smallest absolute Gasteiger partial charge is 0.293 e. The van der Waals surface area contributed by atoms with Gasteiger partial charge in [-0.25, -0.2) is 0 Å². The molecule has 1 amide bonds. The Bertz CT molecular complexity index is 561. The minimum absolute atomic E-state index is 0.250. The van der Waals surface area contributed by atoms with Gasteiger partial charge in [-0.3, -0.25) is 10.1 Å². The van der Waals surface area contributed by atoms with E-state index in [1.807, 2.05) is 0 Å². The quantitative estimate of drug-likeness (QED) is 0.945. The van der Waals surface area contributed by atoms with Crippen LogP contribution in [0.2, 0.25) is 0 Å². The second-order valence-corrected chi connectivity index (χ2v) is 5.57. The Balaban J connectivity index is 1.71. The maximum absolute atomic E-state index is 11.7. The Morgan fingerprint density at radius 3 is 2.94 bits per heavy atom. The molecule has 0 saturated heterocycles. The molecule has 7 heteroatoms. The predicted molar refractivity (Wildman–Crippen MR) is 66.2 cm³/mol. The third-order valence-corrected chi connectivity index (χ3v) is 3.81. The van der Waals surface area contributed by atoms with E-state index >= 15 is 0 Å². The van der Waals surface area contributed by atoms with Crippen molar-refractivity contribution in [3.05, 3.63) is 27.6 Å². The SMILES string of the molecule is O=C(Nc1nnc(C2CC2)s1)c1ccc(Br)o1. The molecule has 88 valence electrons. The molecule has 0 aromatic carbocycles. The topological polar surface area (TPSA) is 68.0 Å². The summed E-state index contributed by atoms with van der Waals surface area (Å²) < 4.78 is 5.67. The highest BCUT2D eigenvalue weighted by atomic mass is 79.9. The molecule has 0 spiro atoms. The van der Waals surface area contributed by atoms with Crippen molar-refractivity contribution in [1.29, 1.82) is 0 Å². The van der Waals surface area contributed by atoms with Gasteiger partial charge in [0.05, 0.1) is 0 Å². The highest BCUT2D eigenvalue weighted by molar-refractivity contribution is 9.10. The summed E-state index contributed by atoms with van der Waals surface area (Å²) in [7, 11) is 0. The molecule has 0 atom stereocenters. The van der Waals surface area contributed by atoms with Crippen LogP contribution in [0.4, 0.5) is 5.13 Å². The van der Waals surface area contributed by atoms with Crippen molar-refractivity contribution >= 4 is 38.3 Å². The molecule has 1 aliphatic carbocycles. The molecule has 1 N–H and O–H groups in total. The monoisotopic (exact) mass is 313 g/mol. The first-order valence-corrected chi connectivity index (χ1v) is 6.73. The number of hydrogen-bond acceptors (Lipinski definition) is 5. The molecule has 17 heavy (non-hydrogen) atoms. The van der Waals surface area contributed by atoms with Gasteiger partial charge >= 0.3 is 0 Å². The Labute approximate surface area is 109 Å². The van der Waals surface area contributed by atoms with Crippen molar-refractivity contribution in [3.8, 4) is 0 Å². The number of amides is 1. The molecule has 2 heterocycles. The molecule has 0 unspecified atom stereocenters. The molecular formula is C10H8BrN3O2S. The summed E-state index contributed by atoms with van der Waals surface area (Å²) in [5, 5.41) is 12.2. The third kappa shape index (κ3) is 2.39. The van der Waals surface area contributed by atoms with Crippen molar-refractivity contribution in [2.75, 3.05) is 5.32 Å². The Morgan fingerprint density at radius 1 is 1.47 bits per heavy atom. The van der Waals surface area contributed by atoms with E-state index in [0.717, 1.165) is 5.01 Å². The summed E-state index contributed by atoms with van der Waals surface area (Å²) in [4.78, 5) is 11.7. The molecule has 5 nitrogen and oxygen atoms in total. The fourth-order valence-electron chi connectivity index (χ4n) is 1.38. The van der Waals surface area contributed by atoms with E-state index in [2.05, 4.69) is 31.4 Å². The Kier molecular flexibility index (Phi) is 2.71. The normalized spacial score (nSPS) is 14.9. The minimum atomic E-state index is -0.311. The highest BCUT2D eigenvalue weighted by Crippen LogP contribution is 2.42. The van der Waals surface area contributed by atoms with Crippen molar-refractivity contribution in [2.24, 2.45) is 0 Å². The molecule has 0 aliphatic heterocycles. The van der Waals surface area contributed by atoms with E-state index in [1.165, 1.54) is 24.2 Å². The lowest BCUT2D eigenvalue weighted by Gasteiger charge is -1.95. The molecule has 0 bridgehead atoms. The minimum Gasteiger partial charge on any atom is -0.444 e. The lowest BCUT2D eigenvalue weighted by molar-refractivity contribution is 0.0995. The zero-order chi connectivity index (χ0) is 11.8. The first-order chi connectivity index (χ1) is 8.22. The van der Waals surface area contributed by atoms with Crippen molar-refractivity contribution < 1.29 is 9.21 Å². The summed E-state index contributed by atoms with van der Waals surface area (Å²) in [6.45, 7) is 0. The van der Waals surface area contributed by atoms with Crippen LogP contribution in [0.1, 0.15) is 34.3 Å². The zero-order valence-electron chi connectivity index (χ0n) is 8.64. The molecule has 1 saturated carbocycles. The van der Waals surface area contributed by atoms with E-state index in [-0.39, 0.29) is 11.7 Å². The summed E-state index contributed by atoms with van der Waals surface area (Å²) >= 11 is 4.57. The van der Waals surface area contributed by atoms with Crippen LogP contribution in [0.3, 0.4) is 0 Å². The molecular weight excluding hydrogens is 306 g/mol. The van der Waals surface area contributed by atoms with Gasteiger partial charge in [-0.15, -0.1) is 10.2 Å². The number of aromatic nitrogens is 2. The van der Waals surface area contributed by atoms with Crippen LogP contribution in [0.25, 0.3) is 0 Å². The van der Waals surface area contributed by atoms with Crippen LogP contribution in [0.15, 0.2) is 21.2 Å². The maximum Gasteiger partial charge on any atom is 0.293 e. The second-order valence-electron chi connectivity index (χ2n) is 3.78. The van der Waals surface area contributed by atoms with E-state index < -0.39 is 0 Å². The molecule has 2 aromatic heterocycles. The zero-order valence-corrected chi connectivity index (χ0v) is 11.0. The maximum atomic E-state index is 11.7. The van der Waals surface area contributed by atoms with Gasteiger partial charge < -0.3 is 4.42 Å². The van der Waals surface area contributed by atoms with Crippen LogP contribution < -0.4 is 5.32 Å². The van der Waals surface area contributed by atoms with Crippen LogP contribution in [0, 0.1) is 0 Å². The number of nitrogens with one attached hydrogen (secondary N) is 1. The highest BCUT2D eigenvalue weighted by Gasteiger charge is 2.27. The Hall–Kier alpha value is -1.21. The van der Waals surface area contributed by atoms with Gasteiger partial charge in [0.2, 0.25) is 5.13 Å². The van der Waals surface area contributed by atoms with Gasteiger partial charge in [0.25, 0.3) is 5.91 Å². The van der Waals surface area contributed by atoms with Crippen molar-refractivity contribution in [2.45, 2.75) is 18.8 Å². The number of anilines is 1. The third-order valence-electron chi connectivity index (χ3n) is 2.38. The predicted octanol–water partition coefficient (Wildman–Crippen LogP) is 3.02. The van der Waals surface area contributed by atoms with E-state index in [4.69, 9.17) is 4.42 Å². The first kappa shape index (κ1) is 10.9. The van der Waals surface area contributed by atoms with Crippen LogP contribution >= 0.6 is 27.3 Å². The lowest BCUT2D eigenvalue weighted by Crippen LogP contribution is -2.10. The number of hydrogen-bond donors (Lipinski definition) is 1. The summed E-state index contributed by atoms with van der Waals surface area (Å²) in [5.41, 5.74) is 0. The number of carbonyl (C=O) groups is 1. The second kappa shape index (κ2) is 4.23. The molecule has 1 fully saturated rings. The number of nitrogens with zero attached hydrogens (tertiary/aromatic N) is 2. The van der Waals surface area contributed by atoms with E-state index in [1.54, 1.807) is 12.1 Å².